The number of nitrogens with zero attached hydrogens (tertiary/aromatic N) is 1. The largest absolute Gasteiger partial charge is 0.391 e. The van der Waals surface area contributed by atoms with Crippen molar-refractivity contribution in [1.29, 1.82) is 0 Å². The minimum absolute atomic E-state index is 0.0254. The molecule has 0 spiro atoms. The Hall–Kier alpha value is -1.06. The number of rotatable bonds is 1. The van der Waals surface area contributed by atoms with E-state index in [0.717, 1.165) is 12.1 Å². The maximum atomic E-state index is 9.47. The highest BCUT2D eigenvalue weighted by Crippen LogP contribution is 2.30. The van der Waals surface area contributed by atoms with E-state index in [1.807, 2.05) is 18.2 Å². The number of hydrogen-bond donors (Lipinski definition) is 2. The Morgan fingerprint density at radius 1 is 1.54 bits per heavy atom. The summed E-state index contributed by atoms with van der Waals surface area (Å²) in [6, 6.07) is 8.02. The van der Waals surface area contributed by atoms with Crippen molar-refractivity contribution in [3.8, 4) is 0 Å². The number of aliphatic hydroxyl groups excluding tert-OH is 1. The molecule has 70 valence electrons. The molecule has 0 aromatic heterocycles. The van der Waals surface area contributed by atoms with E-state index in [1.54, 1.807) is 11.9 Å². The van der Waals surface area contributed by atoms with Gasteiger partial charge in [-0.15, -0.1) is 0 Å². The molecule has 0 fully saturated rings. The van der Waals surface area contributed by atoms with Crippen LogP contribution in [0.1, 0.15) is 12.5 Å². The second-order valence-corrected chi connectivity index (χ2v) is 3.55. The van der Waals surface area contributed by atoms with Gasteiger partial charge in [0.05, 0.1) is 17.8 Å². The molecule has 0 saturated carbocycles. The second kappa shape index (κ2) is 3.01. The smallest absolute Gasteiger partial charge is 0.0750 e. The van der Waals surface area contributed by atoms with Gasteiger partial charge in [-0.05, 0) is 25.0 Å². The zero-order chi connectivity index (χ0) is 9.42. The Bertz CT molecular complexity index is 312. The van der Waals surface area contributed by atoms with Crippen LogP contribution in [0, 0.1) is 0 Å². The fraction of sp³-hybridized carbons (Fsp3) is 0.400. The molecule has 3 N–H and O–H groups in total. The molecule has 1 aliphatic heterocycles. The van der Waals surface area contributed by atoms with Crippen LogP contribution in [0.15, 0.2) is 24.3 Å². The van der Waals surface area contributed by atoms with Gasteiger partial charge in [0.2, 0.25) is 0 Å². The SMILES string of the molecule is C[C@H](O)[C@@H]1Cc2ccccc2N1N. The van der Waals surface area contributed by atoms with E-state index in [-0.39, 0.29) is 6.04 Å². The lowest BCUT2D eigenvalue weighted by molar-refractivity contribution is 0.162. The van der Waals surface area contributed by atoms with E-state index in [2.05, 4.69) is 6.07 Å². The van der Waals surface area contributed by atoms with Crippen molar-refractivity contribution in [3.05, 3.63) is 29.8 Å². The van der Waals surface area contributed by atoms with E-state index in [4.69, 9.17) is 5.84 Å². The summed E-state index contributed by atoms with van der Waals surface area (Å²) in [5.74, 6) is 5.86. The minimum Gasteiger partial charge on any atom is -0.391 e. The summed E-state index contributed by atoms with van der Waals surface area (Å²) in [4.78, 5) is 0. The van der Waals surface area contributed by atoms with Crippen LogP contribution in [-0.4, -0.2) is 17.3 Å². The van der Waals surface area contributed by atoms with Crippen LogP contribution in [0.2, 0.25) is 0 Å². The summed E-state index contributed by atoms with van der Waals surface area (Å²) in [7, 11) is 0. The Balaban J connectivity index is 2.32. The van der Waals surface area contributed by atoms with Gasteiger partial charge in [-0.25, -0.2) is 5.84 Å². The summed E-state index contributed by atoms with van der Waals surface area (Å²) in [6.45, 7) is 1.77. The quantitative estimate of drug-likeness (QED) is 0.621. The summed E-state index contributed by atoms with van der Waals surface area (Å²) >= 11 is 0. The highest BCUT2D eigenvalue weighted by molar-refractivity contribution is 5.58. The zero-order valence-corrected chi connectivity index (χ0v) is 7.64. The van der Waals surface area contributed by atoms with Crippen molar-refractivity contribution in [3.63, 3.8) is 0 Å². The van der Waals surface area contributed by atoms with Crippen molar-refractivity contribution in [2.24, 2.45) is 5.84 Å². The highest BCUT2D eigenvalue weighted by atomic mass is 16.3. The predicted molar refractivity (Wildman–Crippen MR) is 52.3 cm³/mol. The summed E-state index contributed by atoms with van der Waals surface area (Å²) in [6.07, 6.45) is 0.446. The van der Waals surface area contributed by atoms with Gasteiger partial charge < -0.3 is 10.1 Å². The molecule has 1 aromatic rings. The number of hydrazine groups is 1. The molecule has 1 aliphatic rings. The van der Waals surface area contributed by atoms with Gasteiger partial charge in [0, 0.05) is 0 Å². The summed E-state index contributed by atoms with van der Waals surface area (Å²) < 4.78 is 0. The van der Waals surface area contributed by atoms with Crippen molar-refractivity contribution in [2.45, 2.75) is 25.5 Å². The molecule has 1 heterocycles. The Morgan fingerprint density at radius 2 is 2.23 bits per heavy atom. The van der Waals surface area contributed by atoms with Crippen LogP contribution in [0.3, 0.4) is 0 Å². The number of para-hydroxylation sites is 1. The number of nitrogens with two attached hydrogens (primary N) is 1. The first-order valence-electron chi connectivity index (χ1n) is 4.50. The van der Waals surface area contributed by atoms with Crippen LogP contribution in [-0.2, 0) is 6.42 Å². The molecule has 0 aliphatic carbocycles. The van der Waals surface area contributed by atoms with Gasteiger partial charge in [-0.3, -0.25) is 0 Å². The highest BCUT2D eigenvalue weighted by Gasteiger charge is 2.29. The Morgan fingerprint density at radius 3 is 2.85 bits per heavy atom. The molecule has 0 radical (unpaired) electrons. The third-order valence-electron chi connectivity index (χ3n) is 2.61. The molecule has 0 saturated heterocycles. The summed E-state index contributed by atoms with van der Waals surface area (Å²) in [5, 5.41) is 11.1. The number of hydrogen-bond acceptors (Lipinski definition) is 3. The predicted octanol–water partition coefficient (Wildman–Crippen LogP) is 0.672. The van der Waals surface area contributed by atoms with Crippen molar-refractivity contribution < 1.29 is 5.11 Å². The third kappa shape index (κ3) is 1.30. The lowest BCUT2D eigenvalue weighted by atomic mass is 10.1. The molecule has 13 heavy (non-hydrogen) atoms. The standard InChI is InChI=1S/C10H14N2O/c1-7(13)10-6-8-4-2-3-5-9(8)12(10)11/h2-5,7,10,13H,6,11H2,1H3/t7-,10-/m0/s1. The van der Waals surface area contributed by atoms with E-state index in [0.29, 0.717) is 0 Å². The maximum absolute atomic E-state index is 9.47. The number of fused-ring (bicyclic) bond motifs is 1. The first-order chi connectivity index (χ1) is 6.20. The van der Waals surface area contributed by atoms with Crippen molar-refractivity contribution in [2.75, 3.05) is 5.01 Å². The van der Waals surface area contributed by atoms with E-state index in [9.17, 15) is 5.11 Å². The van der Waals surface area contributed by atoms with Crippen LogP contribution >= 0.6 is 0 Å². The lowest BCUT2D eigenvalue weighted by Gasteiger charge is -2.23. The minimum atomic E-state index is -0.391. The fourth-order valence-corrected chi connectivity index (χ4v) is 1.84. The summed E-state index contributed by atoms with van der Waals surface area (Å²) in [5.41, 5.74) is 2.25. The lowest BCUT2D eigenvalue weighted by Crippen LogP contribution is -2.44. The maximum Gasteiger partial charge on any atom is 0.0750 e. The molecule has 0 bridgehead atoms. The average Bonchev–Trinajstić information content (AvgIpc) is 2.45. The van der Waals surface area contributed by atoms with E-state index >= 15 is 0 Å². The van der Waals surface area contributed by atoms with Gasteiger partial charge in [0.15, 0.2) is 0 Å². The normalized spacial score (nSPS) is 23.0. The molecule has 0 amide bonds. The van der Waals surface area contributed by atoms with Gasteiger partial charge in [-0.1, -0.05) is 18.2 Å². The van der Waals surface area contributed by atoms with Crippen LogP contribution in [0.5, 0.6) is 0 Å². The van der Waals surface area contributed by atoms with Crippen molar-refractivity contribution in [1.82, 2.24) is 0 Å². The number of aliphatic hydroxyl groups is 1. The Labute approximate surface area is 77.7 Å². The molecule has 2 rings (SSSR count). The van der Waals surface area contributed by atoms with E-state index in [1.165, 1.54) is 5.56 Å². The average molecular weight is 178 g/mol. The van der Waals surface area contributed by atoms with Crippen molar-refractivity contribution >= 4 is 5.69 Å². The monoisotopic (exact) mass is 178 g/mol. The fourth-order valence-electron chi connectivity index (χ4n) is 1.84. The first kappa shape index (κ1) is 8.53. The topological polar surface area (TPSA) is 49.5 Å². The number of benzene rings is 1. The van der Waals surface area contributed by atoms with Gasteiger partial charge in [-0.2, -0.15) is 0 Å². The van der Waals surface area contributed by atoms with E-state index < -0.39 is 6.10 Å². The molecule has 3 nitrogen and oxygen atoms in total. The zero-order valence-electron chi connectivity index (χ0n) is 7.64. The second-order valence-electron chi connectivity index (χ2n) is 3.55. The van der Waals surface area contributed by atoms with Gasteiger partial charge in [0.1, 0.15) is 0 Å². The van der Waals surface area contributed by atoms with Gasteiger partial charge in [0.25, 0.3) is 0 Å². The number of anilines is 1. The Kier molecular flexibility index (Phi) is 1.98. The molecule has 3 heteroatoms. The molecule has 0 unspecified atom stereocenters. The molecular weight excluding hydrogens is 164 g/mol. The molecule has 2 atom stereocenters. The van der Waals surface area contributed by atoms with Crippen LogP contribution < -0.4 is 10.9 Å². The first-order valence-corrected chi connectivity index (χ1v) is 4.50. The third-order valence-corrected chi connectivity index (χ3v) is 2.61. The molecular formula is C10H14N2O. The van der Waals surface area contributed by atoms with Crippen LogP contribution in [0.4, 0.5) is 5.69 Å². The van der Waals surface area contributed by atoms with Gasteiger partial charge >= 0.3 is 0 Å². The molecule has 1 aromatic carbocycles. The van der Waals surface area contributed by atoms with Crippen LogP contribution in [0.25, 0.3) is 0 Å².